The highest BCUT2D eigenvalue weighted by Crippen LogP contribution is 2.42. The van der Waals surface area contributed by atoms with Crippen molar-refractivity contribution < 1.29 is 0 Å². The largest absolute Gasteiger partial charge is 0.309 e. The van der Waals surface area contributed by atoms with E-state index in [1.807, 2.05) is 72.8 Å². The summed E-state index contributed by atoms with van der Waals surface area (Å²) in [6.07, 6.45) is 0. The highest BCUT2D eigenvalue weighted by atomic mass is 15.1. The molecule has 0 aliphatic carbocycles. The van der Waals surface area contributed by atoms with Crippen molar-refractivity contribution >= 4 is 43.6 Å². The maximum absolute atomic E-state index is 10.4. The molecular formula is C61H47N7. The Balaban J connectivity index is 1.23. The van der Waals surface area contributed by atoms with Gasteiger partial charge in [-0.05, 0) is 106 Å². The second kappa shape index (κ2) is 16.0. The monoisotopic (exact) mass is 877 g/mol. The van der Waals surface area contributed by atoms with Crippen molar-refractivity contribution in [2.45, 2.75) is 52.4 Å². The molecule has 0 saturated carbocycles. The topological polar surface area (TPSA) is 96.1 Å². The number of para-hydroxylation sites is 2. The summed E-state index contributed by atoms with van der Waals surface area (Å²) in [5, 5.41) is 25.3. The van der Waals surface area contributed by atoms with Crippen LogP contribution in [0.4, 0.5) is 0 Å². The van der Waals surface area contributed by atoms with Crippen LogP contribution >= 0.6 is 0 Å². The first kappa shape index (κ1) is 42.0. The minimum Gasteiger partial charge on any atom is -0.309 e. The molecule has 68 heavy (non-hydrogen) atoms. The highest BCUT2D eigenvalue weighted by molar-refractivity contribution is 6.11. The summed E-state index contributed by atoms with van der Waals surface area (Å²) < 4.78 is 4.56. The van der Waals surface area contributed by atoms with Gasteiger partial charge in [-0.25, -0.2) is 15.0 Å². The number of nitriles is 2. The molecule has 0 unspecified atom stereocenters. The van der Waals surface area contributed by atoms with E-state index in [-0.39, 0.29) is 10.8 Å². The predicted octanol–water partition coefficient (Wildman–Crippen LogP) is 15.1. The first-order valence-corrected chi connectivity index (χ1v) is 23.0. The fraction of sp³-hybridized carbons (Fsp3) is 0.131. The van der Waals surface area contributed by atoms with E-state index in [2.05, 4.69) is 166 Å². The average Bonchev–Trinajstić information content (AvgIpc) is 3.87. The van der Waals surface area contributed by atoms with E-state index in [4.69, 9.17) is 15.0 Å². The Labute approximate surface area is 395 Å². The number of hydrogen-bond donors (Lipinski definition) is 0. The molecule has 0 radical (unpaired) electrons. The normalized spacial score (nSPS) is 11.9. The average molecular weight is 878 g/mol. The molecule has 0 N–H and O–H groups in total. The smallest absolute Gasteiger partial charge is 0.166 e. The Hall–Kier alpha value is -8.65. The summed E-state index contributed by atoms with van der Waals surface area (Å²) in [6.45, 7) is 13.4. The van der Waals surface area contributed by atoms with E-state index in [1.165, 1.54) is 11.1 Å². The zero-order valence-electron chi connectivity index (χ0n) is 38.9. The molecule has 0 amide bonds. The zero-order chi connectivity index (χ0) is 46.9. The Morgan fingerprint density at radius 3 is 1.51 bits per heavy atom. The molecule has 0 fully saturated rings. The van der Waals surface area contributed by atoms with Gasteiger partial charge in [0.1, 0.15) is 0 Å². The van der Waals surface area contributed by atoms with E-state index in [0.29, 0.717) is 28.6 Å². The van der Waals surface area contributed by atoms with Crippen molar-refractivity contribution in [3.63, 3.8) is 0 Å². The lowest BCUT2D eigenvalue weighted by Crippen LogP contribution is -2.10. The molecular weight excluding hydrogens is 831 g/mol. The van der Waals surface area contributed by atoms with Crippen LogP contribution in [-0.4, -0.2) is 24.1 Å². The van der Waals surface area contributed by atoms with Gasteiger partial charge in [-0.1, -0.05) is 145 Å². The van der Waals surface area contributed by atoms with Gasteiger partial charge in [0.25, 0.3) is 0 Å². The fourth-order valence-electron chi connectivity index (χ4n) is 9.62. The zero-order valence-corrected chi connectivity index (χ0v) is 38.9. The summed E-state index contributed by atoms with van der Waals surface area (Å²) in [7, 11) is 0. The molecule has 11 aromatic rings. The van der Waals surface area contributed by atoms with Crippen LogP contribution in [0, 0.1) is 22.7 Å². The molecule has 0 atom stereocenters. The van der Waals surface area contributed by atoms with Crippen molar-refractivity contribution in [2.75, 3.05) is 0 Å². The summed E-state index contributed by atoms with van der Waals surface area (Å²) in [4.78, 5) is 16.1. The van der Waals surface area contributed by atoms with E-state index in [0.717, 1.165) is 82.8 Å². The molecule has 3 aromatic heterocycles. The molecule has 0 aliphatic heterocycles. The predicted molar refractivity (Wildman–Crippen MR) is 277 cm³/mol. The van der Waals surface area contributed by atoms with Gasteiger partial charge in [-0.15, -0.1) is 0 Å². The van der Waals surface area contributed by atoms with E-state index < -0.39 is 0 Å². The molecule has 0 bridgehead atoms. The minimum atomic E-state index is -0.0557. The van der Waals surface area contributed by atoms with Gasteiger partial charge >= 0.3 is 0 Å². The van der Waals surface area contributed by atoms with Gasteiger partial charge in [-0.2, -0.15) is 10.5 Å². The molecule has 8 aromatic carbocycles. The van der Waals surface area contributed by atoms with Crippen LogP contribution in [-0.2, 0) is 10.8 Å². The van der Waals surface area contributed by atoms with Gasteiger partial charge < -0.3 is 9.13 Å². The number of aromatic nitrogens is 5. The quantitative estimate of drug-likeness (QED) is 0.166. The van der Waals surface area contributed by atoms with E-state index >= 15 is 0 Å². The van der Waals surface area contributed by atoms with Crippen LogP contribution in [0.3, 0.4) is 0 Å². The van der Waals surface area contributed by atoms with Gasteiger partial charge in [0.05, 0.1) is 56.7 Å². The third-order valence-electron chi connectivity index (χ3n) is 13.2. The molecule has 0 saturated heterocycles. The summed E-state index contributed by atoms with van der Waals surface area (Å²) in [6, 6.07) is 65.1. The van der Waals surface area contributed by atoms with Gasteiger partial charge in [0.15, 0.2) is 17.5 Å². The second-order valence-electron chi connectivity index (χ2n) is 19.6. The fourth-order valence-corrected chi connectivity index (χ4v) is 9.62. The van der Waals surface area contributed by atoms with Crippen molar-refractivity contribution in [3.8, 4) is 68.8 Å². The SMILES string of the molecule is CC(C)(C)c1ccc2c(c1)c1ccccc1n2-c1ccc(-c2ccccc2C#N)cc1-c1nc(-c2ccccc2)nc(-c2ccc(C#N)cc2-n2c3ccccc3c3cc(C(C)(C)C)ccc32)n1. The number of hydrogen-bond acceptors (Lipinski definition) is 5. The summed E-state index contributed by atoms with van der Waals surface area (Å²) in [5.74, 6) is 1.42. The minimum absolute atomic E-state index is 0.0493. The molecule has 11 rings (SSSR count). The van der Waals surface area contributed by atoms with Crippen LogP contribution < -0.4 is 0 Å². The Bertz CT molecular complexity index is 3900. The molecule has 0 aliphatic rings. The number of rotatable bonds is 6. The first-order chi connectivity index (χ1) is 32.9. The van der Waals surface area contributed by atoms with E-state index in [9.17, 15) is 10.5 Å². The Morgan fingerprint density at radius 1 is 0.382 bits per heavy atom. The lowest BCUT2D eigenvalue weighted by Gasteiger charge is -2.20. The third-order valence-corrected chi connectivity index (χ3v) is 13.2. The van der Waals surface area contributed by atoms with Gasteiger partial charge in [0, 0.05) is 38.2 Å². The molecule has 7 heteroatoms. The van der Waals surface area contributed by atoms with E-state index in [1.54, 1.807) is 0 Å². The molecule has 0 spiro atoms. The molecule has 326 valence electrons. The third kappa shape index (κ3) is 7.08. The van der Waals surface area contributed by atoms with Crippen LogP contribution in [0.15, 0.2) is 176 Å². The lowest BCUT2D eigenvalue weighted by molar-refractivity contribution is 0.591. The van der Waals surface area contributed by atoms with Crippen molar-refractivity contribution in [2.24, 2.45) is 0 Å². The van der Waals surface area contributed by atoms with Crippen molar-refractivity contribution in [3.05, 3.63) is 198 Å². The van der Waals surface area contributed by atoms with Gasteiger partial charge in [-0.3, -0.25) is 0 Å². The first-order valence-electron chi connectivity index (χ1n) is 23.0. The van der Waals surface area contributed by atoms with Crippen LogP contribution in [0.2, 0.25) is 0 Å². The Morgan fingerprint density at radius 2 is 0.912 bits per heavy atom. The van der Waals surface area contributed by atoms with Crippen LogP contribution in [0.25, 0.3) is 100 Å². The van der Waals surface area contributed by atoms with Gasteiger partial charge in [0.2, 0.25) is 0 Å². The second-order valence-corrected chi connectivity index (χ2v) is 19.6. The Kier molecular flexibility index (Phi) is 9.92. The highest BCUT2D eigenvalue weighted by Gasteiger charge is 2.25. The number of benzene rings is 8. The van der Waals surface area contributed by atoms with Crippen molar-refractivity contribution in [1.82, 2.24) is 24.1 Å². The summed E-state index contributed by atoms with van der Waals surface area (Å²) >= 11 is 0. The number of fused-ring (bicyclic) bond motifs is 6. The maximum atomic E-state index is 10.4. The maximum Gasteiger partial charge on any atom is 0.166 e. The summed E-state index contributed by atoms with van der Waals surface area (Å²) in [5.41, 5.74) is 13.3. The van der Waals surface area contributed by atoms with Crippen molar-refractivity contribution in [1.29, 1.82) is 10.5 Å². The van der Waals surface area contributed by atoms with Crippen LogP contribution in [0.1, 0.15) is 63.8 Å². The standard InChI is InChI=1S/C61H47N7/c1-60(2,3)42-26-30-53-48(34-42)45-20-12-14-22-51(45)67(53)55-29-25-40(44-19-11-10-18-41(44)37-63)33-50(55)59-65-57(39-16-8-7-9-17-39)64-58(66-59)47-28-24-38(36-62)32-56(47)68-52-23-15-13-21-46(52)49-35-43(61(4,5)6)27-31-54(49)68/h7-35H,1-6H3. The molecule has 3 heterocycles. The van der Waals surface area contributed by atoms with Crippen LogP contribution in [0.5, 0.6) is 0 Å². The lowest BCUT2D eigenvalue weighted by atomic mass is 9.86. The molecule has 7 nitrogen and oxygen atoms in total. The number of nitrogens with zero attached hydrogens (tertiary/aromatic N) is 7.